The van der Waals surface area contributed by atoms with Gasteiger partial charge in [0, 0.05) is 38.6 Å². The Morgan fingerprint density at radius 1 is 1.00 bits per heavy atom. The molecule has 3 nitrogen and oxygen atoms in total. The molecule has 0 amide bonds. The molecule has 1 fully saturated rings. The van der Waals surface area contributed by atoms with Crippen LogP contribution in [-0.4, -0.2) is 31.1 Å². The second-order valence-corrected chi connectivity index (χ2v) is 6.23. The fourth-order valence-electron chi connectivity index (χ4n) is 2.96. The van der Waals surface area contributed by atoms with E-state index in [2.05, 4.69) is 38.9 Å². The van der Waals surface area contributed by atoms with Gasteiger partial charge in [0.25, 0.3) is 0 Å². The Morgan fingerprint density at radius 3 is 2.25 bits per heavy atom. The first-order chi connectivity index (χ1) is 11.7. The lowest BCUT2D eigenvalue weighted by atomic mass is 10.1. The van der Waals surface area contributed by atoms with Crippen LogP contribution in [0, 0.1) is 12.4 Å². The average Bonchev–Trinajstić information content (AvgIpc) is 2.63. The number of hydrogen-bond donors (Lipinski definition) is 0. The maximum absolute atomic E-state index is 14.1. The summed E-state index contributed by atoms with van der Waals surface area (Å²) in [5.74, 6) is 0.227. The number of hydrogen-bond acceptors (Lipinski definition) is 2. The molecule has 24 heavy (non-hydrogen) atoms. The maximum Gasteiger partial charge on any atom is 0.190 e. The van der Waals surface area contributed by atoms with Gasteiger partial charge in [-0.3, -0.25) is 4.90 Å². The smallest absolute Gasteiger partial charge is 0.190 e. The van der Waals surface area contributed by atoms with Gasteiger partial charge in [-0.1, -0.05) is 30.3 Å². The molecule has 1 aliphatic heterocycles. The van der Waals surface area contributed by atoms with Crippen molar-refractivity contribution in [3.8, 4) is 0 Å². The van der Waals surface area contributed by atoms with Crippen molar-refractivity contribution in [2.45, 2.75) is 12.4 Å². The van der Waals surface area contributed by atoms with Crippen molar-refractivity contribution >= 4 is 23.0 Å². The summed E-state index contributed by atoms with van der Waals surface area (Å²) in [6.07, 6.45) is 0. The highest BCUT2D eigenvalue weighted by Crippen LogP contribution is 2.25. The third kappa shape index (κ3) is 3.87. The molecule has 5 heteroatoms. The van der Waals surface area contributed by atoms with Gasteiger partial charge in [-0.2, -0.15) is 0 Å². The van der Waals surface area contributed by atoms with Crippen molar-refractivity contribution in [2.75, 3.05) is 31.1 Å². The first-order valence-corrected chi connectivity index (χ1v) is 8.51. The summed E-state index contributed by atoms with van der Waals surface area (Å²) in [6.45, 7) is 11.2. The topological polar surface area (TPSA) is 10.8 Å². The molecule has 1 saturated heterocycles. The van der Waals surface area contributed by atoms with Gasteiger partial charge < -0.3 is 4.90 Å². The van der Waals surface area contributed by atoms with E-state index in [0.717, 1.165) is 38.3 Å². The maximum atomic E-state index is 14.1. The largest absolute Gasteiger partial charge is 0.367 e. The normalized spacial score (nSPS) is 15.3. The van der Waals surface area contributed by atoms with Crippen LogP contribution in [0.5, 0.6) is 0 Å². The summed E-state index contributed by atoms with van der Waals surface area (Å²) in [6, 6.07) is 13.1. The van der Waals surface area contributed by atoms with Gasteiger partial charge in [0.2, 0.25) is 0 Å². The van der Waals surface area contributed by atoms with Crippen molar-refractivity contribution in [3.05, 3.63) is 70.8 Å². The molecule has 2 aromatic carbocycles. The molecule has 3 rings (SSSR count). The Morgan fingerprint density at radius 2 is 1.67 bits per heavy atom. The van der Waals surface area contributed by atoms with Gasteiger partial charge in [-0.05, 0) is 23.3 Å². The van der Waals surface area contributed by atoms with Crippen LogP contribution in [0.1, 0.15) is 11.1 Å². The SMILES string of the molecule is [C-]#[N+]c1ccc(N2CCN(Cc3ccc(CCl)cc3)CC2)c(F)c1. The van der Waals surface area contributed by atoms with E-state index in [-0.39, 0.29) is 5.82 Å². The molecule has 0 radical (unpaired) electrons. The van der Waals surface area contributed by atoms with Crippen LogP contribution in [0.15, 0.2) is 42.5 Å². The summed E-state index contributed by atoms with van der Waals surface area (Å²) < 4.78 is 14.1. The van der Waals surface area contributed by atoms with Gasteiger partial charge >= 0.3 is 0 Å². The zero-order valence-corrected chi connectivity index (χ0v) is 14.1. The van der Waals surface area contributed by atoms with Crippen molar-refractivity contribution in [1.82, 2.24) is 4.90 Å². The van der Waals surface area contributed by atoms with Crippen LogP contribution < -0.4 is 4.90 Å². The van der Waals surface area contributed by atoms with Gasteiger partial charge in [0.1, 0.15) is 5.82 Å². The quantitative estimate of drug-likeness (QED) is 0.600. The molecule has 1 aliphatic rings. The zero-order valence-electron chi connectivity index (χ0n) is 13.4. The second-order valence-electron chi connectivity index (χ2n) is 5.96. The van der Waals surface area contributed by atoms with Crippen molar-refractivity contribution in [3.63, 3.8) is 0 Å². The highest BCUT2D eigenvalue weighted by atomic mass is 35.5. The summed E-state index contributed by atoms with van der Waals surface area (Å²) in [4.78, 5) is 7.69. The standard InChI is InChI=1S/C19H19ClFN3/c1-22-17-6-7-19(18(21)12-17)24-10-8-23(9-11-24)14-16-4-2-15(13-20)3-5-16/h2-7,12H,8-11,13-14H2. The highest BCUT2D eigenvalue weighted by Gasteiger charge is 2.19. The Labute approximate surface area is 147 Å². The Balaban J connectivity index is 1.58. The van der Waals surface area contributed by atoms with Crippen molar-refractivity contribution < 1.29 is 4.39 Å². The van der Waals surface area contributed by atoms with Crippen LogP contribution in [0.4, 0.5) is 15.8 Å². The molecule has 0 aliphatic carbocycles. The van der Waals surface area contributed by atoms with Gasteiger partial charge in [0.05, 0.1) is 12.3 Å². The fourth-order valence-corrected chi connectivity index (χ4v) is 3.14. The minimum atomic E-state index is -0.311. The number of benzene rings is 2. The number of rotatable bonds is 4. The van der Waals surface area contributed by atoms with Crippen LogP contribution >= 0.6 is 11.6 Å². The Bertz CT molecular complexity index is 731. The Hall–Kier alpha value is -2.09. The molecule has 0 aromatic heterocycles. The molecule has 0 saturated carbocycles. The molecule has 124 valence electrons. The molecular formula is C19H19ClFN3. The van der Waals surface area contributed by atoms with E-state index in [0.29, 0.717) is 17.3 Å². The molecule has 0 atom stereocenters. The third-order valence-electron chi connectivity index (χ3n) is 4.36. The lowest BCUT2D eigenvalue weighted by Crippen LogP contribution is -2.46. The van der Waals surface area contributed by atoms with Crippen LogP contribution in [-0.2, 0) is 12.4 Å². The fraction of sp³-hybridized carbons (Fsp3) is 0.316. The molecule has 0 N–H and O–H groups in total. The van der Waals surface area contributed by atoms with Gasteiger partial charge in [0.15, 0.2) is 5.69 Å². The summed E-state index contributed by atoms with van der Waals surface area (Å²) >= 11 is 5.81. The number of anilines is 1. The van der Waals surface area contributed by atoms with E-state index >= 15 is 0 Å². The lowest BCUT2D eigenvalue weighted by molar-refractivity contribution is 0.249. The molecule has 0 bridgehead atoms. The predicted molar refractivity (Wildman–Crippen MR) is 96.2 cm³/mol. The monoisotopic (exact) mass is 343 g/mol. The summed E-state index contributed by atoms with van der Waals surface area (Å²) in [7, 11) is 0. The molecular weight excluding hydrogens is 325 g/mol. The van der Waals surface area contributed by atoms with Crippen LogP contribution in [0.25, 0.3) is 4.85 Å². The minimum absolute atomic E-state index is 0.311. The highest BCUT2D eigenvalue weighted by molar-refractivity contribution is 6.17. The first kappa shape index (κ1) is 16.8. The van der Waals surface area contributed by atoms with E-state index in [4.69, 9.17) is 18.2 Å². The third-order valence-corrected chi connectivity index (χ3v) is 4.67. The molecule has 1 heterocycles. The number of alkyl halides is 1. The summed E-state index contributed by atoms with van der Waals surface area (Å²) in [5.41, 5.74) is 3.33. The molecule has 0 spiro atoms. The van der Waals surface area contributed by atoms with Crippen molar-refractivity contribution in [2.24, 2.45) is 0 Å². The van der Waals surface area contributed by atoms with Gasteiger partial charge in [-0.15, -0.1) is 11.6 Å². The van der Waals surface area contributed by atoms with E-state index in [9.17, 15) is 4.39 Å². The van der Waals surface area contributed by atoms with E-state index in [1.807, 2.05) is 0 Å². The lowest BCUT2D eigenvalue weighted by Gasteiger charge is -2.36. The number of piperazine rings is 1. The van der Waals surface area contributed by atoms with E-state index < -0.39 is 0 Å². The van der Waals surface area contributed by atoms with Crippen LogP contribution in [0.2, 0.25) is 0 Å². The number of halogens is 2. The predicted octanol–water partition coefficient (Wildman–Crippen LogP) is 4.44. The second kappa shape index (κ2) is 7.65. The molecule has 0 unspecified atom stereocenters. The minimum Gasteiger partial charge on any atom is -0.367 e. The zero-order chi connectivity index (χ0) is 16.9. The van der Waals surface area contributed by atoms with Crippen LogP contribution in [0.3, 0.4) is 0 Å². The van der Waals surface area contributed by atoms with E-state index in [1.165, 1.54) is 11.6 Å². The molecule has 2 aromatic rings. The first-order valence-electron chi connectivity index (χ1n) is 7.97. The average molecular weight is 344 g/mol. The van der Waals surface area contributed by atoms with E-state index in [1.54, 1.807) is 12.1 Å². The summed E-state index contributed by atoms with van der Waals surface area (Å²) in [5, 5.41) is 0. The van der Waals surface area contributed by atoms with Gasteiger partial charge in [-0.25, -0.2) is 9.24 Å². The van der Waals surface area contributed by atoms with Crippen molar-refractivity contribution in [1.29, 1.82) is 0 Å². The number of nitrogens with zero attached hydrogens (tertiary/aromatic N) is 3. The Kier molecular flexibility index (Phi) is 5.34.